The highest BCUT2D eigenvalue weighted by Crippen LogP contribution is 2.20. The van der Waals surface area contributed by atoms with Crippen LogP contribution in [0, 0.1) is 0 Å². The highest BCUT2D eigenvalue weighted by molar-refractivity contribution is 6.33. The molecule has 2 heterocycles. The lowest BCUT2D eigenvalue weighted by atomic mass is 10.3. The fraction of sp³-hybridized carbons (Fsp3) is 0.583. The van der Waals surface area contributed by atoms with Gasteiger partial charge in [-0.1, -0.05) is 18.5 Å². The standard InChI is InChI=1S/C12H18ClN5/c1-5-18(8(2)3)7-10-15-11(13)9-6-14-17(4)12(9)16-10/h6,8H,5,7H2,1-4H3. The normalized spacial score (nSPS) is 11.9. The topological polar surface area (TPSA) is 46.8 Å². The van der Waals surface area contributed by atoms with E-state index in [-0.39, 0.29) is 0 Å². The van der Waals surface area contributed by atoms with Gasteiger partial charge in [0.15, 0.2) is 5.65 Å². The molecule has 5 nitrogen and oxygen atoms in total. The Balaban J connectivity index is 2.36. The summed E-state index contributed by atoms with van der Waals surface area (Å²) in [5.41, 5.74) is 0.782. The summed E-state index contributed by atoms with van der Waals surface area (Å²) in [5, 5.41) is 5.42. The van der Waals surface area contributed by atoms with E-state index in [0.717, 1.165) is 23.4 Å². The van der Waals surface area contributed by atoms with Crippen molar-refractivity contribution in [2.45, 2.75) is 33.4 Å². The van der Waals surface area contributed by atoms with Gasteiger partial charge in [-0.2, -0.15) is 5.10 Å². The van der Waals surface area contributed by atoms with Crippen LogP contribution >= 0.6 is 11.6 Å². The van der Waals surface area contributed by atoms with Crippen LogP contribution in [0.4, 0.5) is 0 Å². The van der Waals surface area contributed by atoms with E-state index < -0.39 is 0 Å². The van der Waals surface area contributed by atoms with Crippen LogP contribution in [0.25, 0.3) is 11.0 Å². The molecule has 0 fully saturated rings. The Bertz CT molecular complexity index is 549. The Labute approximate surface area is 112 Å². The van der Waals surface area contributed by atoms with E-state index >= 15 is 0 Å². The Morgan fingerprint density at radius 2 is 2.11 bits per heavy atom. The fourth-order valence-corrected chi connectivity index (χ4v) is 2.17. The second-order valence-electron chi connectivity index (χ2n) is 4.59. The summed E-state index contributed by atoms with van der Waals surface area (Å²) in [6.45, 7) is 8.11. The molecule has 0 bridgehead atoms. The number of aryl methyl sites for hydroxylation is 1. The van der Waals surface area contributed by atoms with Crippen molar-refractivity contribution in [2.75, 3.05) is 6.54 Å². The lowest BCUT2D eigenvalue weighted by molar-refractivity contribution is 0.219. The summed E-state index contributed by atoms with van der Waals surface area (Å²) < 4.78 is 1.72. The van der Waals surface area contributed by atoms with E-state index in [9.17, 15) is 0 Å². The molecule has 0 saturated carbocycles. The van der Waals surface area contributed by atoms with Crippen LogP contribution in [0.15, 0.2) is 6.20 Å². The molecule has 6 heteroatoms. The Hall–Kier alpha value is -1.20. The van der Waals surface area contributed by atoms with E-state index in [1.54, 1.807) is 10.9 Å². The minimum atomic E-state index is 0.458. The van der Waals surface area contributed by atoms with Gasteiger partial charge >= 0.3 is 0 Å². The monoisotopic (exact) mass is 267 g/mol. The minimum Gasteiger partial charge on any atom is -0.294 e. The number of rotatable bonds is 4. The van der Waals surface area contributed by atoms with Gasteiger partial charge in [-0.3, -0.25) is 9.58 Å². The smallest absolute Gasteiger partial charge is 0.162 e. The predicted octanol–water partition coefficient (Wildman–Crippen LogP) is 2.25. The first-order valence-electron chi connectivity index (χ1n) is 6.11. The van der Waals surface area contributed by atoms with Gasteiger partial charge in [0.25, 0.3) is 0 Å². The first kappa shape index (κ1) is 13.2. The number of hydrogen-bond acceptors (Lipinski definition) is 4. The van der Waals surface area contributed by atoms with Gasteiger partial charge in [-0.15, -0.1) is 0 Å². The maximum Gasteiger partial charge on any atom is 0.162 e. The average Bonchev–Trinajstić information content (AvgIpc) is 2.68. The van der Waals surface area contributed by atoms with E-state index in [1.807, 2.05) is 7.05 Å². The summed E-state index contributed by atoms with van der Waals surface area (Å²) in [4.78, 5) is 11.2. The van der Waals surface area contributed by atoms with E-state index in [0.29, 0.717) is 17.7 Å². The third kappa shape index (κ3) is 2.47. The molecule has 0 aliphatic rings. The Morgan fingerprint density at radius 1 is 1.39 bits per heavy atom. The number of nitrogens with zero attached hydrogens (tertiary/aromatic N) is 5. The van der Waals surface area contributed by atoms with Gasteiger partial charge in [0.05, 0.1) is 18.1 Å². The highest BCUT2D eigenvalue weighted by Gasteiger charge is 2.13. The molecule has 0 aromatic carbocycles. The van der Waals surface area contributed by atoms with E-state index in [4.69, 9.17) is 11.6 Å². The summed E-state index contributed by atoms with van der Waals surface area (Å²) in [6.07, 6.45) is 1.70. The molecule has 0 N–H and O–H groups in total. The molecule has 0 amide bonds. The van der Waals surface area contributed by atoms with Crippen LogP contribution in [-0.2, 0) is 13.6 Å². The average molecular weight is 268 g/mol. The highest BCUT2D eigenvalue weighted by atomic mass is 35.5. The third-order valence-electron chi connectivity index (χ3n) is 3.07. The maximum absolute atomic E-state index is 6.16. The largest absolute Gasteiger partial charge is 0.294 e. The molecular weight excluding hydrogens is 250 g/mol. The minimum absolute atomic E-state index is 0.458. The van der Waals surface area contributed by atoms with Crippen molar-refractivity contribution in [3.63, 3.8) is 0 Å². The number of aromatic nitrogens is 4. The SMILES string of the molecule is CCN(Cc1nc(Cl)c2cnn(C)c2n1)C(C)C. The second-order valence-corrected chi connectivity index (χ2v) is 4.95. The lowest BCUT2D eigenvalue weighted by Gasteiger charge is -2.23. The van der Waals surface area contributed by atoms with Crippen molar-refractivity contribution < 1.29 is 0 Å². The quantitative estimate of drug-likeness (QED) is 0.797. The molecule has 0 aliphatic heterocycles. The third-order valence-corrected chi connectivity index (χ3v) is 3.36. The van der Waals surface area contributed by atoms with Crippen molar-refractivity contribution in [2.24, 2.45) is 7.05 Å². The van der Waals surface area contributed by atoms with Gasteiger partial charge < -0.3 is 0 Å². The molecule has 2 aromatic heterocycles. The molecule has 0 unspecified atom stereocenters. The summed E-state index contributed by atoms with van der Waals surface area (Å²) in [6, 6.07) is 0.458. The molecule has 2 rings (SSSR count). The molecule has 98 valence electrons. The lowest BCUT2D eigenvalue weighted by Crippen LogP contribution is -2.30. The molecule has 18 heavy (non-hydrogen) atoms. The van der Waals surface area contributed by atoms with Gasteiger partial charge in [0.1, 0.15) is 11.0 Å². The zero-order chi connectivity index (χ0) is 13.3. The second kappa shape index (κ2) is 5.20. The number of hydrogen-bond donors (Lipinski definition) is 0. The van der Waals surface area contributed by atoms with Gasteiger partial charge in [0.2, 0.25) is 0 Å². The summed E-state index contributed by atoms with van der Waals surface area (Å²) >= 11 is 6.16. The number of halogens is 1. The summed E-state index contributed by atoms with van der Waals surface area (Å²) in [7, 11) is 1.86. The molecule has 2 aromatic rings. The van der Waals surface area contributed by atoms with Crippen LogP contribution in [0.2, 0.25) is 5.15 Å². The zero-order valence-electron chi connectivity index (χ0n) is 11.2. The van der Waals surface area contributed by atoms with Crippen LogP contribution < -0.4 is 0 Å². The Morgan fingerprint density at radius 3 is 2.72 bits per heavy atom. The first-order chi connectivity index (χ1) is 8.52. The molecule has 0 aliphatic carbocycles. The summed E-state index contributed by atoms with van der Waals surface area (Å²) in [5.74, 6) is 0.742. The van der Waals surface area contributed by atoms with E-state index in [1.165, 1.54) is 0 Å². The van der Waals surface area contributed by atoms with Gasteiger partial charge in [0, 0.05) is 13.1 Å². The Kier molecular flexibility index (Phi) is 3.82. The first-order valence-corrected chi connectivity index (χ1v) is 6.49. The van der Waals surface area contributed by atoms with Crippen LogP contribution in [0.3, 0.4) is 0 Å². The number of fused-ring (bicyclic) bond motifs is 1. The zero-order valence-corrected chi connectivity index (χ0v) is 11.9. The molecule has 0 radical (unpaired) electrons. The van der Waals surface area contributed by atoms with Crippen molar-refractivity contribution in [3.8, 4) is 0 Å². The van der Waals surface area contributed by atoms with Crippen molar-refractivity contribution >= 4 is 22.6 Å². The van der Waals surface area contributed by atoms with E-state index in [2.05, 4.69) is 40.7 Å². The van der Waals surface area contributed by atoms with Crippen LogP contribution in [-0.4, -0.2) is 37.2 Å². The maximum atomic E-state index is 6.16. The molecular formula is C12H18ClN5. The van der Waals surface area contributed by atoms with Crippen molar-refractivity contribution in [1.29, 1.82) is 0 Å². The van der Waals surface area contributed by atoms with Crippen molar-refractivity contribution in [3.05, 3.63) is 17.2 Å². The van der Waals surface area contributed by atoms with Crippen molar-refractivity contribution in [1.82, 2.24) is 24.6 Å². The van der Waals surface area contributed by atoms with Gasteiger partial charge in [-0.25, -0.2) is 9.97 Å². The van der Waals surface area contributed by atoms with Crippen LogP contribution in [0.5, 0.6) is 0 Å². The van der Waals surface area contributed by atoms with Crippen LogP contribution in [0.1, 0.15) is 26.6 Å². The molecule has 0 spiro atoms. The molecule has 0 atom stereocenters. The fourth-order valence-electron chi connectivity index (χ4n) is 1.94. The predicted molar refractivity (Wildman–Crippen MR) is 72.5 cm³/mol. The van der Waals surface area contributed by atoms with Gasteiger partial charge in [-0.05, 0) is 20.4 Å². The molecule has 0 saturated heterocycles.